The maximum Gasteiger partial charge on any atom is 0.145 e. The summed E-state index contributed by atoms with van der Waals surface area (Å²) in [5.74, 6) is 0. The zero-order valence-corrected chi connectivity index (χ0v) is 23.0. The molecule has 5 aromatic heterocycles. The Hall–Kier alpha value is -5.94. The molecule has 0 unspecified atom stereocenters. The zero-order chi connectivity index (χ0) is 28.1. The van der Waals surface area contributed by atoms with E-state index in [1.807, 2.05) is 18.6 Å². The molecule has 10 aromatic rings. The highest BCUT2D eigenvalue weighted by molar-refractivity contribution is 6.30. The predicted molar refractivity (Wildman–Crippen MR) is 177 cm³/mol. The molecule has 0 aliphatic heterocycles. The lowest BCUT2D eigenvalue weighted by atomic mass is 10.0. The van der Waals surface area contributed by atoms with Crippen LogP contribution in [0.25, 0.3) is 82.3 Å². The molecule has 0 spiro atoms. The summed E-state index contributed by atoms with van der Waals surface area (Å²) in [5, 5.41) is 8.34. The van der Waals surface area contributed by atoms with Gasteiger partial charge in [0.1, 0.15) is 5.65 Å². The smallest absolute Gasteiger partial charge is 0.145 e. The molecule has 0 N–H and O–H groups in total. The van der Waals surface area contributed by atoms with Gasteiger partial charge in [-0.25, -0.2) is 4.98 Å². The van der Waals surface area contributed by atoms with E-state index < -0.39 is 0 Å². The van der Waals surface area contributed by atoms with Gasteiger partial charge in [-0.2, -0.15) is 0 Å². The number of rotatable bonds is 2. The van der Waals surface area contributed by atoms with Crippen molar-refractivity contribution in [2.75, 3.05) is 0 Å². The van der Waals surface area contributed by atoms with Crippen molar-refractivity contribution < 1.29 is 0 Å². The molecule has 200 valence electrons. The van der Waals surface area contributed by atoms with Crippen LogP contribution >= 0.6 is 0 Å². The molecule has 0 aliphatic rings. The lowest BCUT2D eigenvalue weighted by Crippen LogP contribution is -1.95. The Morgan fingerprint density at radius 1 is 0.442 bits per heavy atom. The first-order valence-electron chi connectivity index (χ1n) is 14.5. The van der Waals surface area contributed by atoms with Gasteiger partial charge >= 0.3 is 0 Å². The number of para-hydroxylation sites is 3. The van der Waals surface area contributed by atoms with Crippen molar-refractivity contribution in [3.63, 3.8) is 0 Å². The summed E-state index contributed by atoms with van der Waals surface area (Å²) < 4.78 is 7.03. The number of benzene rings is 5. The molecule has 5 aromatic carbocycles. The fraction of sp³-hybridized carbons (Fsp3) is 0. The zero-order valence-electron chi connectivity index (χ0n) is 23.0. The molecule has 0 radical (unpaired) electrons. The van der Waals surface area contributed by atoms with Crippen molar-refractivity contribution in [1.82, 2.24) is 23.5 Å². The summed E-state index contributed by atoms with van der Waals surface area (Å²) in [4.78, 5) is 9.26. The highest BCUT2D eigenvalue weighted by atomic mass is 15.0. The first-order valence-corrected chi connectivity index (χ1v) is 14.5. The van der Waals surface area contributed by atoms with E-state index in [4.69, 9.17) is 4.98 Å². The van der Waals surface area contributed by atoms with Gasteiger partial charge in [0.2, 0.25) is 0 Å². The van der Waals surface area contributed by atoms with E-state index in [-0.39, 0.29) is 0 Å². The molecule has 43 heavy (non-hydrogen) atoms. The van der Waals surface area contributed by atoms with E-state index in [1.165, 1.54) is 43.6 Å². The summed E-state index contributed by atoms with van der Waals surface area (Å²) in [6.07, 6.45) is 7.77. The van der Waals surface area contributed by atoms with Crippen molar-refractivity contribution >= 4 is 70.9 Å². The quantitative estimate of drug-likeness (QED) is 0.202. The molecular formula is C38H23N5. The average Bonchev–Trinajstić information content (AvgIpc) is 3.78. The molecular weight excluding hydrogens is 526 g/mol. The van der Waals surface area contributed by atoms with Gasteiger partial charge in [-0.15, -0.1) is 0 Å². The van der Waals surface area contributed by atoms with Crippen molar-refractivity contribution in [2.45, 2.75) is 0 Å². The Morgan fingerprint density at radius 2 is 1.09 bits per heavy atom. The van der Waals surface area contributed by atoms with Crippen LogP contribution in [0.5, 0.6) is 0 Å². The van der Waals surface area contributed by atoms with Gasteiger partial charge in [0.25, 0.3) is 0 Å². The van der Waals surface area contributed by atoms with E-state index in [9.17, 15) is 0 Å². The van der Waals surface area contributed by atoms with Crippen LogP contribution in [0.1, 0.15) is 0 Å². The lowest BCUT2D eigenvalue weighted by Gasteiger charge is -2.11. The van der Waals surface area contributed by atoms with E-state index in [1.54, 1.807) is 0 Å². The second-order valence-electron chi connectivity index (χ2n) is 11.1. The number of fused-ring (bicyclic) bond motifs is 13. The van der Waals surface area contributed by atoms with Gasteiger partial charge in [-0.1, -0.05) is 54.6 Å². The van der Waals surface area contributed by atoms with Crippen LogP contribution in [0, 0.1) is 0 Å². The van der Waals surface area contributed by atoms with Gasteiger partial charge in [0.05, 0.1) is 27.6 Å². The SMILES string of the molecule is c1ccc(-n2c3ccccc3c3c4c5cc6c(cc5n(-c5ccccc5)c4ccc32)c2cnccc2c2nccn62)cc1. The van der Waals surface area contributed by atoms with Gasteiger partial charge in [-0.3, -0.25) is 9.38 Å². The van der Waals surface area contributed by atoms with Crippen LogP contribution in [-0.2, 0) is 0 Å². The topological polar surface area (TPSA) is 40.0 Å². The third-order valence-electron chi connectivity index (χ3n) is 8.96. The van der Waals surface area contributed by atoms with Gasteiger partial charge in [0, 0.05) is 73.9 Å². The van der Waals surface area contributed by atoms with E-state index >= 15 is 0 Å². The Bertz CT molecular complexity index is 2710. The summed E-state index contributed by atoms with van der Waals surface area (Å²) in [6, 6.07) is 41.5. The largest absolute Gasteiger partial charge is 0.309 e. The molecule has 0 saturated carbocycles. The maximum absolute atomic E-state index is 4.75. The number of nitrogens with zero attached hydrogens (tertiary/aromatic N) is 5. The number of hydrogen-bond donors (Lipinski definition) is 0. The normalized spacial score (nSPS) is 12.2. The first kappa shape index (κ1) is 22.7. The van der Waals surface area contributed by atoms with Gasteiger partial charge in [-0.05, 0) is 60.7 Å². The number of imidazole rings is 1. The lowest BCUT2D eigenvalue weighted by molar-refractivity contribution is 1.17. The highest BCUT2D eigenvalue weighted by Crippen LogP contribution is 2.44. The van der Waals surface area contributed by atoms with Gasteiger partial charge < -0.3 is 9.13 Å². The molecule has 0 fully saturated rings. The molecule has 0 bridgehead atoms. The highest BCUT2D eigenvalue weighted by Gasteiger charge is 2.22. The molecule has 0 saturated heterocycles. The Labute approximate surface area is 245 Å². The second kappa shape index (κ2) is 8.30. The van der Waals surface area contributed by atoms with Gasteiger partial charge in [0.15, 0.2) is 0 Å². The second-order valence-corrected chi connectivity index (χ2v) is 11.1. The number of pyridine rings is 2. The summed E-state index contributed by atoms with van der Waals surface area (Å²) in [6.45, 7) is 0. The molecule has 5 heterocycles. The van der Waals surface area contributed by atoms with E-state index in [0.717, 1.165) is 38.7 Å². The fourth-order valence-corrected chi connectivity index (χ4v) is 7.23. The number of hydrogen-bond acceptors (Lipinski definition) is 2. The first-order chi connectivity index (χ1) is 21.4. The van der Waals surface area contributed by atoms with Crippen LogP contribution < -0.4 is 0 Å². The van der Waals surface area contributed by atoms with E-state index in [0.29, 0.717) is 0 Å². The van der Waals surface area contributed by atoms with Crippen LogP contribution in [0.4, 0.5) is 0 Å². The third-order valence-corrected chi connectivity index (χ3v) is 8.96. The average molecular weight is 550 g/mol. The van der Waals surface area contributed by atoms with Crippen molar-refractivity contribution in [1.29, 1.82) is 0 Å². The molecule has 5 nitrogen and oxygen atoms in total. The summed E-state index contributed by atoms with van der Waals surface area (Å²) in [5.41, 5.74) is 9.11. The summed E-state index contributed by atoms with van der Waals surface area (Å²) in [7, 11) is 0. The summed E-state index contributed by atoms with van der Waals surface area (Å²) >= 11 is 0. The Kier molecular flexibility index (Phi) is 4.39. The van der Waals surface area contributed by atoms with Crippen molar-refractivity contribution in [3.05, 3.63) is 140 Å². The van der Waals surface area contributed by atoms with Crippen LogP contribution in [0.3, 0.4) is 0 Å². The minimum atomic E-state index is 0.946. The van der Waals surface area contributed by atoms with Crippen LogP contribution in [0.15, 0.2) is 140 Å². The van der Waals surface area contributed by atoms with Crippen LogP contribution in [-0.4, -0.2) is 23.5 Å². The standard InChI is InChI=1S/C38H23N5/c1-3-9-24(10-4-1)42-31-14-8-7-13-27(31)36-32(42)15-16-33-37(36)29-22-34-28(21-35(29)43(33)25-11-5-2-6-12-25)30-23-39-18-17-26(30)38-40-19-20-41(34)38/h1-23H. The van der Waals surface area contributed by atoms with Crippen LogP contribution in [0.2, 0.25) is 0 Å². The monoisotopic (exact) mass is 549 g/mol. The Morgan fingerprint density at radius 3 is 1.86 bits per heavy atom. The van der Waals surface area contributed by atoms with Crippen molar-refractivity contribution in [2.24, 2.45) is 0 Å². The molecule has 0 atom stereocenters. The number of aromatic nitrogens is 5. The Balaban J connectivity index is 1.49. The van der Waals surface area contributed by atoms with E-state index in [2.05, 4.69) is 140 Å². The molecule has 0 amide bonds. The minimum Gasteiger partial charge on any atom is -0.309 e. The minimum absolute atomic E-state index is 0.946. The predicted octanol–water partition coefficient (Wildman–Crippen LogP) is 9.23. The molecule has 5 heteroatoms. The maximum atomic E-state index is 4.75. The third kappa shape index (κ3) is 2.95. The van der Waals surface area contributed by atoms with Crippen molar-refractivity contribution in [3.8, 4) is 11.4 Å². The molecule has 10 rings (SSSR count). The fourth-order valence-electron chi connectivity index (χ4n) is 7.23. The molecule has 0 aliphatic carbocycles.